The van der Waals surface area contributed by atoms with Crippen molar-refractivity contribution in [2.75, 3.05) is 0 Å². The van der Waals surface area contributed by atoms with Crippen molar-refractivity contribution >= 4 is 38.1 Å². The number of fused-ring (bicyclic) bond motifs is 2. The fourth-order valence-corrected chi connectivity index (χ4v) is 4.08. The van der Waals surface area contributed by atoms with Gasteiger partial charge in [-0.2, -0.15) is 5.10 Å². The second kappa shape index (κ2) is 6.65. The van der Waals surface area contributed by atoms with Gasteiger partial charge < -0.3 is 0 Å². The molecule has 5 rings (SSSR count). The second-order valence-electron chi connectivity index (χ2n) is 6.77. The first-order valence-electron chi connectivity index (χ1n) is 8.90. The van der Waals surface area contributed by atoms with E-state index in [-0.39, 0.29) is 12.2 Å². The molecule has 0 spiro atoms. The molecule has 0 atom stereocenters. The van der Waals surface area contributed by atoms with Crippen LogP contribution in [0.2, 0.25) is 0 Å². The standard InChI is InChI=1S/C22H16N4OS/c1-26-13-18(11-25-26)17-7-16-8-19(23-12-20(16)24-10-17)9-21(27)14-2-3-22-15(6-14)4-5-28-22/h2-8,10-13H,9H2,1H3. The lowest BCUT2D eigenvalue weighted by Gasteiger charge is -2.05. The number of aryl methyl sites for hydroxylation is 1. The molecule has 6 heteroatoms. The smallest absolute Gasteiger partial charge is 0.168 e. The third-order valence-electron chi connectivity index (χ3n) is 4.78. The van der Waals surface area contributed by atoms with Gasteiger partial charge in [-0.3, -0.25) is 19.4 Å². The molecule has 5 aromatic rings. The zero-order chi connectivity index (χ0) is 19.1. The van der Waals surface area contributed by atoms with Crippen LogP contribution in [0.15, 0.2) is 66.6 Å². The third-order valence-corrected chi connectivity index (χ3v) is 5.68. The number of rotatable bonds is 4. The highest BCUT2D eigenvalue weighted by molar-refractivity contribution is 7.17. The van der Waals surface area contributed by atoms with E-state index in [0.29, 0.717) is 0 Å². The molecule has 1 aromatic carbocycles. The molecule has 136 valence electrons. The number of benzene rings is 1. The Bertz CT molecular complexity index is 1330. The molecule has 4 aromatic heterocycles. The minimum Gasteiger partial charge on any atom is -0.294 e. The molecule has 0 radical (unpaired) electrons. The Morgan fingerprint density at radius 2 is 1.93 bits per heavy atom. The maximum atomic E-state index is 12.7. The highest BCUT2D eigenvalue weighted by atomic mass is 32.1. The van der Waals surface area contributed by atoms with E-state index in [1.807, 2.05) is 61.4 Å². The van der Waals surface area contributed by atoms with E-state index < -0.39 is 0 Å². The van der Waals surface area contributed by atoms with Gasteiger partial charge in [0.05, 0.1) is 24.3 Å². The maximum Gasteiger partial charge on any atom is 0.168 e. The van der Waals surface area contributed by atoms with Crippen LogP contribution in [0, 0.1) is 0 Å². The summed E-state index contributed by atoms with van der Waals surface area (Å²) in [5, 5.41) is 8.32. The van der Waals surface area contributed by atoms with E-state index in [2.05, 4.69) is 21.1 Å². The Balaban J connectivity index is 1.45. The van der Waals surface area contributed by atoms with Gasteiger partial charge in [0.15, 0.2) is 5.78 Å². The van der Waals surface area contributed by atoms with E-state index in [4.69, 9.17) is 0 Å². The number of hydrogen-bond donors (Lipinski definition) is 0. The molecule has 0 unspecified atom stereocenters. The highest BCUT2D eigenvalue weighted by Gasteiger charge is 2.11. The average molecular weight is 384 g/mol. The number of aromatic nitrogens is 4. The Labute approximate surface area is 165 Å². The van der Waals surface area contributed by atoms with Crippen molar-refractivity contribution in [1.29, 1.82) is 0 Å². The zero-order valence-electron chi connectivity index (χ0n) is 15.2. The van der Waals surface area contributed by atoms with Crippen LogP contribution in [-0.2, 0) is 13.5 Å². The van der Waals surface area contributed by atoms with Crippen LogP contribution >= 0.6 is 11.3 Å². The SMILES string of the molecule is Cn1cc(-c2cnc3cnc(CC(=O)c4ccc5sccc5c4)cc3c2)cn1. The molecule has 0 aliphatic rings. The third kappa shape index (κ3) is 3.08. The zero-order valence-corrected chi connectivity index (χ0v) is 16.0. The van der Waals surface area contributed by atoms with Crippen molar-refractivity contribution in [2.45, 2.75) is 6.42 Å². The van der Waals surface area contributed by atoms with Crippen LogP contribution in [0.5, 0.6) is 0 Å². The van der Waals surface area contributed by atoms with Crippen molar-refractivity contribution in [3.05, 3.63) is 77.8 Å². The fraction of sp³-hybridized carbons (Fsp3) is 0.0909. The number of carbonyl (C=O) groups is 1. The summed E-state index contributed by atoms with van der Waals surface area (Å²) in [6, 6.07) is 11.9. The van der Waals surface area contributed by atoms with Gasteiger partial charge in [-0.15, -0.1) is 11.3 Å². The summed E-state index contributed by atoms with van der Waals surface area (Å²) in [4.78, 5) is 21.7. The van der Waals surface area contributed by atoms with Gasteiger partial charge in [0.25, 0.3) is 0 Å². The fourth-order valence-electron chi connectivity index (χ4n) is 3.31. The largest absolute Gasteiger partial charge is 0.294 e. The van der Waals surface area contributed by atoms with Crippen molar-refractivity contribution in [3.8, 4) is 11.1 Å². The molecule has 0 saturated carbocycles. The molecular formula is C22H16N4OS. The average Bonchev–Trinajstić information content (AvgIpc) is 3.35. The Morgan fingerprint density at radius 3 is 2.79 bits per heavy atom. The lowest BCUT2D eigenvalue weighted by atomic mass is 10.0. The lowest BCUT2D eigenvalue weighted by Crippen LogP contribution is -2.05. The summed E-state index contributed by atoms with van der Waals surface area (Å²) in [6.07, 6.45) is 7.59. The van der Waals surface area contributed by atoms with Crippen molar-refractivity contribution in [3.63, 3.8) is 0 Å². The van der Waals surface area contributed by atoms with Gasteiger partial charge in [-0.1, -0.05) is 0 Å². The number of thiophene rings is 1. The topological polar surface area (TPSA) is 60.7 Å². The second-order valence-corrected chi connectivity index (χ2v) is 7.72. The van der Waals surface area contributed by atoms with Crippen LogP contribution in [0.4, 0.5) is 0 Å². The molecule has 0 amide bonds. The van der Waals surface area contributed by atoms with E-state index in [1.54, 1.807) is 22.2 Å². The van der Waals surface area contributed by atoms with E-state index in [1.165, 1.54) is 4.70 Å². The number of hydrogen-bond acceptors (Lipinski definition) is 5. The molecule has 0 fully saturated rings. The molecule has 4 heterocycles. The predicted octanol–water partition coefficient (Wildman–Crippen LogP) is 4.67. The summed E-state index contributed by atoms with van der Waals surface area (Å²) in [7, 11) is 1.89. The summed E-state index contributed by atoms with van der Waals surface area (Å²) < 4.78 is 2.95. The Kier molecular flexibility index (Phi) is 3.98. The van der Waals surface area contributed by atoms with Crippen LogP contribution in [0.3, 0.4) is 0 Å². The first-order valence-corrected chi connectivity index (χ1v) is 9.78. The number of ketones is 1. The van der Waals surface area contributed by atoms with Gasteiger partial charge >= 0.3 is 0 Å². The molecule has 0 aliphatic heterocycles. The van der Waals surface area contributed by atoms with Gasteiger partial charge in [0.2, 0.25) is 0 Å². The highest BCUT2D eigenvalue weighted by Crippen LogP contribution is 2.24. The molecule has 0 aliphatic carbocycles. The van der Waals surface area contributed by atoms with Crippen LogP contribution < -0.4 is 0 Å². The van der Waals surface area contributed by atoms with Crippen molar-refractivity contribution in [1.82, 2.24) is 19.7 Å². The van der Waals surface area contributed by atoms with Crippen molar-refractivity contribution < 1.29 is 4.79 Å². The molecule has 5 nitrogen and oxygen atoms in total. The van der Waals surface area contributed by atoms with E-state index >= 15 is 0 Å². The minimum atomic E-state index is 0.0660. The quantitative estimate of drug-likeness (QED) is 0.423. The van der Waals surface area contributed by atoms with Gasteiger partial charge in [-0.05, 0) is 47.2 Å². The molecule has 0 saturated heterocycles. The minimum absolute atomic E-state index is 0.0660. The number of carbonyl (C=O) groups excluding carboxylic acids is 1. The van der Waals surface area contributed by atoms with Crippen molar-refractivity contribution in [2.24, 2.45) is 7.05 Å². The molecule has 0 N–H and O–H groups in total. The first-order chi connectivity index (χ1) is 13.7. The molecular weight excluding hydrogens is 368 g/mol. The van der Waals surface area contributed by atoms with Gasteiger partial charge in [-0.25, -0.2) is 0 Å². The monoisotopic (exact) mass is 384 g/mol. The Morgan fingerprint density at radius 1 is 1.00 bits per heavy atom. The lowest BCUT2D eigenvalue weighted by molar-refractivity contribution is 0.0992. The first kappa shape index (κ1) is 16.8. The molecule has 0 bridgehead atoms. The number of pyridine rings is 2. The molecule has 28 heavy (non-hydrogen) atoms. The van der Waals surface area contributed by atoms with Crippen LogP contribution in [0.1, 0.15) is 16.1 Å². The maximum absolute atomic E-state index is 12.7. The summed E-state index contributed by atoms with van der Waals surface area (Å²) >= 11 is 1.68. The van der Waals surface area contributed by atoms with E-state index in [0.717, 1.165) is 38.7 Å². The van der Waals surface area contributed by atoms with Crippen LogP contribution in [0.25, 0.3) is 32.1 Å². The van der Waals surface area contributed by atoms with Gasteiger partial charge in [0.1, 0.15) is 0 Å². The Hall–Kier alpha value is -3.38. The van der Waals surface area contributed by atoms with Gasteiger partial charge in [0, 0.05) is 51.9 Å². The number of Topliss-reactive ketones (excluding diaryl/α,β-unsaturated/α-hetero) is 1. The van der Waals surface area contributed by atoms with Crippen LogP contribution in [-0.4, -0.2) is 25.5 Å². The predicted molar refractivity (Wildman–Crippen MR) is 112 cm³/mol. The summed E-state index contributed by atoms with van der Waals surface area (Å²) in [5.41, 5.74) is 4.27. The summed E-state index contributed by atoms with van der Waals surface area (Å²) in [6.45, 7) is 0. The normalized spacial score (nSPS) is 11.3. The van der Waals surface area contributed by atoms with E-state index in [9.17, 15) is 4.79 Å². The number of nitrogens with zero attached hydrogens (tertiary/aromatic N) is 4. The summed E-state index contributed by atoms with van der Waals surface area (Å²) in [5.74, 6) is 0.0660.